The first-order valence-corrected chi connectivity index (χ1v) is 9.54. The van der Waals surface area contributed by atoms with Gasteiger partial charge in [0, 0.05) is 46.8 Å². The van der Waals surface area contributed by atoms with E-state index < -0.39 is 5.60 Å². The zero-order chi connectivity index (χ0) is 20.7. The molecule has 1 aliphatic rings. The Kier molecular flexibility index (Phi) is 10.1. The van der Waals surface area contributed by atoms with Crippen molar-refractivity contribution in [3.05, 3.63) is 11.6 Å². The maximum absolute atomic E-state index is 12.0. The minimum atomic E-state index is -0.499. The number of carbonyl (C=O) groups is 1. The predicted molar refractivity (Wildman–Crippen MR) is 122 cm³/mol. The summed E-state index contributed by atoms with van der Waals surface area (Å²) in [6, 6.07) is 0.208. The lowest BCUT2D eigenvalue weighted by Gasteiger charge is -2.26. The molecular weight excluding hydrogens is 489 g/mol. The molecule has 0 saturated carbocycles. The molecule has 1 amide bonds. The Balaban J connectivity index is 0.00000420. The number of methoxy groups -OCH3 is 1. The molecule has 11 heteroatoms. The summed E-state index contributed by atoms with van der Waals surface area (Å²) >= 11 is 0. The van der Waals surface area contributed by atoms with E-state index in [1.54, 1.807) is 26.1 Å². The summed E-state index contributed by atoms with van der Waals surface area (Å²) in [6.07, 6.45) is 1.46. The molecule has 1 atom stereocenters. The largest absolute Gasteiger partial charge is 0.444 e. The highest BCUT2D eigenvalue weighted by molar-refractivity contribution is 14.0. The lowest BCUT2D eigenvalue weighted by Crippen LogP contribution is -2.48. The first-order chi connectivity index (χ1) is 13.2. The molecule has 1 aromatic rings. The van der Waals surface area contributed by atoms with Crippen molar-refractivity contribution in [2.24, 2.45) is 4.99 Å². The van der Waals surface area contributed by atoms with Crippen molar-refractivity contribution in [3.63, 3.8) is 0 Å². The Morgan fingerprint density at radius 1 is 1.41 bits per heavy atom. The first kappa shape index (κ1) is 25.4. The quantitative estimate of drug-likeness (QED) is 0.330. The van der Waals surface area contributed by atoms with E-state index in [0.29, 0.717) is 31.5 Å². The van der Waals surface area contributed by atoms with Gasteiger partial charge in [-0.25, -0.2) is 14.5 Å². The molecule has 2 heterocycles. The van der Waals surface area contributed by atoms with Crippen LogP contribution < -0.4 is 10.6 Å². The van der Waals surface area contributed by atoms with Crippen molar-refractivity contribution in [3.8, 4) is 0 Å². The molecule has 166 valence electrons. The fourth-order valence-electron chi connectivity index (χ4n) is 2.83. The summed E-state index contributed by atoms with van der Waals surface area (Å²) in [5.41, 5.74) is -0.499. The number of aryl methyl sites for hydroxylation is 1. The van der Waals surface area contributed by atoms with Crippen LogP contribution in [0.1, 0.15) is 38.8 Å². The van der Waals surface area contributed by atoms with Gasteiger partial charge in [0.1, 0.15) is 18.0 Å². The summed E-state index contributed by atoms with van der Waals surface area (Å²) in [7, 11) is 5.09. The smallest absolute Gasteiger partial charge is 0.410 e. The number of nitrogens with one attached hydrogen (secondary N) is 2. The van der Waals surface area contributed by atoms with Gasteiger partial charge in [0.25, 0.3) is 0 Å². The number of hydrogen-bond donors (Lipinski definition) is 2. The molecule has 0 saturated heterocycles. The number of fused-ring (bicyclic) bond motifs is 1. The second kappa shape index (κ2) is 11.5. The number of ether oxygens (including phenoxy) is 2. The van der Waals surface area contributed by atoms with Gasteiger partial charge in [-0.1, -0.05) is 0 Å². The van der Waals surface area contributed by atoms with E-state index in [4.69, 9.17) is 9.47 Å². The monoisotopic (exact) mass is 523 g/mol. The average Bonchev–Trinajstić information content (AvgIpc) is 3.01. The van der Waals surface area contributed by atoms with Crippen LogP contribution in [0.4, 0.5) is 4.79 Å². The zero-order valence-corrected chi connectivity index (χ0v) is 20.5. The van der Waals surface area contributed by atoms with E-state index in [-0.39, 0.29) is 36.1 Å². The highest BCUT2D eigenvalue weighted by Crippen LogP contribution is 2.13. The zero-order valence-electron chi connectivity index (χ0n) is 18.2. The van der Waals surface area contributed by atoms with Gasteiger partial charge < -0.3 is 25.0 Å². The molecule has 1 aromatic heterocycles. The van der Waals surface area contributed by atoms with Crippen LogP contribution in [0.25, 0.3) is 0 Å². The molecule has 1 aliphatic heterocycles. The molecule has 10 nitrogen and oxygen atoms in total. The molecule has 0 aliphatic carbocycles. The van der Waals surface area contributed by atoms with Gasteiger partial charge in [-0.3, -0.25) is 4.99 Å². The van der Waals surface area contributed by atoms with Crippen molar-refractivity contribution in [1.82, 2.24) is 30.3 Å². The Labute approximate surface area is 189 Å². The van der Waals surface area contributed by atoms with Crippen LogP contribution in [0.2, 0.25) is 0 Å². The third kappa shape index (κ3) is 8.33. The molecule has 0 aromatic carbocycles. The molecular formula is C18H34IN7O3. The Morgan fingerprint density at radius 3 is 2.76 bits per heavy atom. The lowest BCUT2D eigenvalue weighted by molar-refractivity contribution is 0.0302. The highest BCUT2D eigenvalue weighted by Gasteiger charge is 2.23. The van der Waals surface area contributed by atoms with Crippen molar-refractivity contribution >= 4 is 36.0 Å². The van der Waals surface area contributed by atoms with Crippen molar-refractivity contribution < 1.29 is 14.3 Å². The normalized spacial score (nSPS) is 16.5. The third-order valence-corrected chi connectivity index (χ3v) is 4.18. The lowest BCUT2D eigenvalue weighted by atomic mass is 10.1. The maximum Gasteiger partial charge on any atom is 0.410 e. The fourth-order valence-corrected chi connectivity index (χ4v) is 2.83. The van der Waals surface area contributed by atoms with Gasteiger partial charge in [0.2, 0.25) is 0 Å². The molecule has 2 N–H and O–H groups in total. The standard InChI is InChI=1S/C18H33N7O3.HI/c1-18(2,3)28-17(26)24(5)10-9-20-16(19-4)21-13-7-8-15-22-14(12-27-6)23-25(15)11-13;/h13H,7-12H2,1-6H3,(H2,19,20,21);1H. The number of guanidine groups is 1. The van der Waals surface area contributed by atoms with Gasteiger partial charge in [-0.05, 0) is 27.2 Å². The van der Waals surface area contributed by atoms with Gasteiger partial charge >= 0.3 is 6.09 Å². The van der Waals surface area contributed by atoms with Crippen LogP contribution in [-0.4, -0.2) is 77.7 Å². The Morgan fingerprint density at radius 2 is 2.14 bits per heavy atom. The number of amides is 1. The molecule has 1 unspecified atom stereocenters. The summed E-state index contributed by atoms with van der Waals surface area (Å²) in [5.74, 6) is 2.40. The summed E-state index contributed by atoms with van der Waals surface area (Å²) < 4.78 is 12.4. The number of rotatable bonds is 6. The van der Waals surface area contributed by atoms with Crippen LogP contribution >= 0.6 is 24.0 Å². The number of halogens is 1. The van der Waals surface area contributed by atoms with E-state index >= 15 is 0 Å². The molecule has 0 bridgehead atoms. The second-order valence-electron chi connectivity index (χ2n) is 7.84. The van der Waals surface area contributed by atoms with E-state index in [2.05, 4.69) is 25.7 Å². The van der Waals surface area contributed by atoms with Crippen LogP contribution in [0.5, 0.6) is 0 Å². The van der Waals surface area contributed by atoms with Crippen LogP contribution in [0, 0.1) is 0 Å². The van der Waals surface area contributed by atoms with Crippen molar-refractivity contribution in [1.29, 1.82) is 0 Å². The molecule has 0 fully saturated rings. The van der Waals surface area contributed by atoms with Gasteiger partial charge in [-0.15, -0.1) is 24.0 Å². The predicted octanol–water partition coefficient (Wildman–Crippen LogP) is 1.39. The van der Waals surface area contributed by atoms with E-state index in [0.717, 1.165) is 25.2 Å². The van der Waals surface area contributed by atoms with Crippen LogP contribution in [-0.2, 0) is 29.0 Å². The highest BCUT2D eigenvalue weighted by atomic mass is 127. The fraction of sp³-hybridized carbons (Fsp3) is 0.778. The SMILES string of the molecule is CN=C(NCCN(C)C(=O)OC(C)(C)C)NC1CCc2nc(COC)nn2C1.I. The van der Waals surface area contributed by atoms with Gasteiger partial charge in [0.15, 0.2) is 11.8 Å². The molecule has 0 radical (unpaired) electrons. The second-order valence-corrected chi connectivity index (χ2v) is 7.84. The Hall–Kier alpha value is -1.63. The van der Waals surface area contributed by atoms with Crippen molar-refractivity contribution in [2.45, 2.75) is 58.4 Å². The first-order valence-electron chi connectivity index (χ1n) is 9.54. The van der Waals surface area contributed by atoms with Gasteiger partial charge in [0.05, 0.1) is 6.54 Å². The summed E-state index contributed by atoms with van der Waals surface area (Å²) in [4.78, 5) is 22.3. The average molecular weight is 523 g/mol. The van der Waals surface area contributed by atoms with Crippen LogP contribution in [0.15, 0.2) is 4.99 Å². The van der Waals surface area contributed by atoms with Crippen LogP contribution in [0.3, 0.4) is 0 Å². The Bertz CT molecular complexity index is 687. The number of carbonyl (C=O) groups excluding carboxylic acids is 1. The molecule has 2 rings (SSSR count). The number of likely N-dealkylation sites (N-methyl/N-ethyl adjacent to an activating group) is 1. The van der Waals surface area contributed by atoms with E-state index in [1.807, 2.05) is 25.5 Å². The van der Waals surface area contributed by atoms with Crippen molar-refractivity contribution in [2.75, 3.05) is 34.3 Å². The molecule has 0 spiro atoms. The van der Waals surface area contributed by atoms with E-state index in [9.17, 15) is 4.79 Å². The topological polar surface area (TPSA) is 106 Å². The van der Waals surface area contributed by atoms with Gasteiger partial charge in [-0.2, -0.15) is 5.10 Å². The third-order valence-electron chi connectivity index (χ3n) is 4.18. The number of hydrogen-bond acceptors (Lipinski definition) is 6. The minimum Gasteiger partial charge on any atom is -0.444 e. The van der Waals surface area contributed by atoms with E-state index in [1.165, 1.54) is 0 Å². The minimum absolute atomic E-state index is 0. The summed E-state index contributed by atoms with van der Waals surface area (Å²) in [6.45, 7) is 7.78. The summed E-state index contributed by atoms with van der Waals surface area (Å²) in [5, 5.41) is 11.1. The maximum atomic E-state index is 12.0. The molecule has 29 heavy (non-hydrogen) atoms. The number of aliphatic imine (C=N–C) groups is 1. The number of nitrogens with zero attached hydrogens (tertiary/aromatic N) is 5. The number of aromatic nitrogens is 3.